The summed E-state index contributed by atoms with van der Waals surface area (Å²) in [5.41, 5.74) is 6.52. The first-order valence-electron chi connectivity index (χ1n) is 15.1. The van der Waals surface area contributed by atoms with Crippen LogP contribution in [0.1, 0.15) is 11.4 Å². The van der Waals surface area contributed by atoms with E-state index in [2.05, 4.69) is 34.2 Å². The van der Waals surface area contributed by atoms with Crippen LogP contribution in [0.15, 0.2) is 116 Å². The van der Waals surface area contributed by atoms with Crippen LogP contribution in [0.4, 0.5) is 0 Å². The molecule has 8 rings (SSSR count). The van der Waals surface area contributed by atoms with Crippen molar-refractivity contribution in [3.63, 3.8) is 0 Å². The van der Waals surface area contributed by atoms with Gasteiger partial charge in [0.2, 0.25) is 5.95 Å². The molecule has 0 saturated carbocycles. The Morgan fingerprint density at radius 3 is 1.45 bits per heavy atom. The second-order valence-electron chi connectivity index (χ2n) is 10.9. The minimum Gasteiger partial charge on any atom is -0.503 e. The topological polar surface area (TPSA) is 75.0 Å². The van der Waals surface area contributed by atoms with Crippen LogP contribution in [0.2, 0.25) is 0 Å². The van der Waals surface area contributed by atoms with Crippen LogP contribution in [-0.4, -0.2) is 24.5 Å². The minimum atomic E-state index is 0. The molecule has 0 radical (unpaired) electrons. The molecule has 8 aromatic rings. The van der Waals surface area contributed by atoms with Crippen molar-refractivity contribution >= 4 is 21.8 Å². The van der Waals surface area contributed by atoms with Crippen molar-refractivity contribution in [2.24, 2.45) is 0 Å². The third kappa shape index (κ3) is 7.09. The molecule has 242 valence electrons. The van der Waals surface area contributed by atoms with E-state index in [1.807, 2.05) is 122 Å². The molecule has 0 amide bonds. The third-order valence-corrected chi connectivity index (χ3v) is 7.56. The van der Waals surface area contributed by atoms with Gasteiger partial charge in [0, 0.05) is 46.8 Å². The van der Waals surface area contributed by atoms with E-state index >= 15 is 0 Å². The molecule has 0 aliphatic carbocycles. The Morgan fingerprint density at radius 1 is 0.531 bits per heavy atom. The van der Waals surface area contributed by atoms with Crippen LogP contribution in [-0.2, 0) is 41.5 Å². The number of pyridine rings is 2. The van der Waals surface area contributed by atoms with Gasteiger partial charge in [0.1, 0.15) is 0 Å². The van der Waals surface area contributed by atoms with Crippen LogP contribution in [0.5, 0.6) is 23.0 Å². The first-order valence-corrected chi connectivity index (χ1v) is 15.1. The van der Waals surface area contributed by atoms with Gasteiger partial charge in [-0.05, 0) is 43.4 Å². The predicted molar refractivity (Wildman–Crippen MR) is 181 cm³/mol. The van der Waals surface area contributed by atoms with Gasteiger partial charge in [0.15, 0.2) is 0 Å². The van der Waals surface area contributed by atoms with Crippen molar-refractivity contribution in [2.45, 2.75) is 13.8 Å². The minimum absolute atomic E-state index is 0. The van der Waals surface area contributed by atoms with Crippen LogP contribution < -0.4 is 9.47 Å². The van der Waals surface area contributed by atoms with Gasteiger partial charge in [-0.25, -0.2) is 9.97 Å². The third-order valence-electron chi connectivity index (χ3n) is 7.56. The summed E-state index contributed by atoms with van der Waals surface area (Å²) in [5, 5.41) is 1.90. The van der Waals surface area contributed by atoms with Crippen molar-refractivity contribution in [1.29, 1.82) is 0 Å². The molecular formula is C40H25N5O2PdPt. The number of ether oxygens (including phenoxy) is 2. The largest absolute Gasteiger partial charge is 2.00 e. The summed E-state index contributed by atoms with van der Waals surface area (Å²) < 4.78 is 14.5. The molecule has 0 saturated heterocycles. The Kier molecular flexibility index (Phi) is 10.1. The summed E-state index contributed by atoms with van der Waals surface area (Å²) in [6.07, 6.45) is 3.52. The number of hydrogen-bond acceptors (Lipinski definition) is 6. The maximum absolute atomic E-state index is 6.30. The van der Waals surface area contributed by atoms with E-state index in [1.54, 1.807) is 12.4 Å². The Labute approximate surface area is 312 Å². The Morgan fingerprint density at radius 2 is 1.00 bits per heavy atom. The number of aryl methyl sites for hydroxylation is 2. The average Bonchev–Trinajstić information content (AvgIpc) is 3.41. The molecule has 4 aromatic carbocycles. The van der Waals surface area contributed by atoms with Gasteiger partial charge in [-0.3, -0.25) is 0 Å². The zero-order valence-electron chi connectivity index (χ0n) is 26.2. The smallest absolute Gasteiger partial charge is 0.503 e. The molecule has 0 unspecified atom stereocenters. The van der Waals surface area contributed by atoms with Gasteiger partial charge in [0.25, 0.3) is 0 Å². The molecule has 0 aliphatic rings. The molecule has 4 aromatic heterocycles. The van der Waals surface area contributed by atoms with Crippen molar-refractivity contribution in [3.8, 4) is 51.5 Å². The number of nitrogens with zero attached hydrogens (tertiary/aromatic N) is 5. The number of benzene rings is 4. The van der Waals surface area contributed by atoms with E-state index in [9.17, 15) is 0 Å². The fourth-order valence-electron chi connectivity index (χ4n) is 5.55. The molecular weight excluding hydrogens is 884 g/mol. The van der Waals surface area contributed by atoms with E-state index in [4.69, 9.17) is 19.4 Å². The number of hydrogen-bond donors (Lipinski definition) is 0. The molecule has 0 spiro atoms. The number of fused-ring (bicyclic) bond motifs is 3. The molecule has 0 aliphatic heterocycles. The van der Waals surface area contributed by atoms with Crippen molar-refractivity contribution in [3.05, 3.63) is 151 Å². The van der Waals surface area contributed by atoms with E-state index in [0.717, 1.165) is 55.7 Å². The van der Waals surface area contributed by atoms with Crippen molar-refractivity contribution < 1.29 is 51.0 Å². The fraction of sp³-hybridized carbons (Fsp3) is 0.0500. The molecule has 0 N–H and O–H groups in total. The number of aromatic nitrogens is 5. The predicted octanol–water partition coefficient (Wildman–Crippen LogP) is 9.09. The molecule has 49 heavy (non-hydrogen) atoms. The molecule has 9 heteroatoms. The Balaban J connectivity index is 0.00000208. The standard InChI is InChI=1S/C40H25N5O2.Pd.Pt/c1-26-21-27(2)44-40(43-26)45-38-24-32(46-30-11-7-9-28(22-30)36-13-3-5-19-41-36)15-17-34(38)35-18-16-33(25-39(35)45)47-31-12-8-10-29(23-31)37-14-4-6-20-42-37;;/h3-21H,1-2H3;;/q-4;2*+2. The van der Waals surface area contributed by atoms with Crippen LogP contribution in [0.25, 0.3) is 50.3 Å². The van der Waals surface area contributed by atoms with Gasteiger partial charge in [0.05, 0.1) is 0 Å². The van der Waals surface area contributed by atoms with E-state index in [0.29, 0.717) is 28.9 Å². The van der Waals surface area contributed by atoms with E-state index in [-0.39, 0.29) is 41.5 Å². The monoisotopic (exact) mass is 908 g/mol. The SMILES string of the molecule is Cc1cc(C)nc(-n2c3[c-]c(Oc4[c-]c(-c5ccccn5)ccc4)ccc3c3ccc(Oc4[c-]c(-c5ccccn5)ccc4)[c-]c32)n1.[Pd+2].[Pt+2]. The molecule has 0 bridgehead atoms. The maximum Gasteiger partial charge on any atom is 2.00 e. The summed E-state index contributed by atoms with van der Waals surface area (Å²) in [7, 11) is 0. The fourth-order valence-corrected chi connectivity index (χ4v) is 5.55. The van der Waals surface area contributed by atoms with Crippen molar-refractivity contribution in [1.82, 2.24) is 24.5 Å². The molecule has 4 heterocycles. The van der Waals surface area contributed by atoms with Crippen LogP contribution in [0.3, 0.4) is 0 Å². The molecule has 0 atom stereocenters. The normalized spacial score (nSPS) is 10.7. The zero-order valence-corrected chi connectivity index (χ0v) is 30.0. The summed E-state index contributed by atoms with van der Waals surface area (Å²) >= 11 is 0. The van der Waals surface area contributed by atoms with Gasteiger partial charge < -0.3 is 24.0 Å². The molecule has 0 fully saturated rings. The average molecular weight is 909 g/mol. The van der Waals surface area contributed by atoms with Gasteiger partial charge in [-0.2, -0.15) is 22.9 Å². The zero-order chi connectivity index (χ0) is 31.7. The second-order valence-corrected chi connectivity index (χ2v) is 10.9. The van der Waals surface area contributed by atoms with Gasteiger partial charge in [-0.1, -0.05) is 47.4 Å². The number of rotatable bonds is 7. The van der Waals surface area contributed by atoms with E-state index < -0.39 is 0 Å². The Bertz CT molecular complexity index is 2240. The van der Waals surface area contributed by atoms with Crippen molar-refractivity contribution in [2.75, 3.05) is 0 Å². The maximum atomic E-state index is 6.30. The van der Waals surface area contributed by atoms with Crippen LogP contribution in [0, 0.1) is 38.1 Å². The molecule has 7 nitrogen and oxygen atoms in total. The van der Waals surface area contributed by atoms with Gasteiger partial charge in [-0.15, -0.1) is 71.8 Å². The second kappa shape index (κ2) is 14.6. The summed E-state index contributed by atoms with van der Waals surface area (Å²) in [6, 6.07) is 46.4. The van der Waals surface area contributed by atoms with Crippen LogP contribution >= 0.6 is 0 Å². The summed E-state index contributed by atoms with van der Waals surface area (Å²) in [5.74, 6) is 2.67. The Hall–Kier alpha value is -4.99. The van der Waals surface area contributed by atoms with E-state index in [1.165, 1.54) is 0 Å². The first kappa shape index (κ1) is 33.9. The quantitative estimate of drug-likeness (QED) is 0.117. The van der Waals surface area contributed by atoms with Gasteiger partial charge >= 0.3 is 41.5 Å². The summed E-state index contributed by atoms with van der Waals surface area (Å²) in [6.45, 7) is 3.91. The summed E-state index contributed by atoms with van der Waals surface area (Å²) in [4.78, 5) is 18.5. The first-order chi connectivity index (χ1) is 23.1.